The van der Waals surface area contributed by atoms with E-state index < -0.39 is 0 Å². The van der Waals surface area contributed by atoms with Crippen molar-refractivity contribution in [1.29, 1.82) is 0 Å². The first kappa shape index (κ1) is 7.56. The van der Waals surface area contributed by atoms with Crippen LogP contribution in [0.25, 0.3) is 0 Å². The number of hydrogen-bond donors (Lipinski definition) is 1. The fourth-order valence-corrected chi connectivity index (χ4v) is 2.44. The molecule has 2 aliphatic heterocycles. The monoisotopic (exact) mass is 154 g/mol. The highest BCUT2D eigenvalue weighted by Gasteiger charge is 2.34. The Morgan fingerprint density at radius 3 is 3.09 bits per heavy atom. The maximum atomic E-state index is 3.57. The molecule has 0 aromatic rings. The molecule has 2 aliphatic rings. The normalized spacial score (nSPS) is 37.9. The second kappa shape index (κ2) is 3.11. The third kappa shape index (κ3) is 1.42. The Kier molecular flexibility index (Phi) is 2.14. The van der Waals surface area contributed by atoms with Crippen LogP contribution in [-0.4, -0.2) is 37.1 Å². The van der Waals surface area contributed by atoms with Gasteiger partial charge >= 0.3 is 0 Å². The Labute approximate surface area is 69.0 Å². The Balaban J connectivity index is 1.84. The molecule has 2 heterocycles. The average molecular weight is 154 g/mol. The molecule has 2 fully saturated rings. The SMILES string of the molecule is CCCN1C[C@@H]2CCN[C@@H]2C1. The summed E-state index contributed by atoms with van der Waals surface area (Å²) in [7, 11) is 0. The molecule has 2 atom stereocenters. The lowest BCUT2D eigenvalue weighted by Gasteiger charge is -2.14. The lowest BCUT2D eigenvalue weighted by Crippen LogP contribution is -2.30. The number of hydrogen-bond acceptors (Lipinski definition) is 2. The molecule has 0 spiro atoms. The molecule has 2 saturated heterocycles. The smallest absolute Gasteiger partial charge is 0.0235 e. The van der Waals surface area contributed by atoms with Gasteiger partial charge < -0.3 is 10.2 Å². The first-order chi connectivity index (χ1) is 5.40. The zero-order chi connectivity index (χ0) is 7.68. The fourth-order valence-electron chi connectivity index (χ4n) is 2.44. The van der Waals surface area contributed by atoms with E-state index in [9.17, 15) is 0 Å². The van der Waals surface area contributed by atoms with Crippen LogP contribution in [0.3, 0.4) is 0 Å². The van der Waals surface area contributed by atoms with Crippen LogP contribution in [0.15, 0.2) is 0 Å². The summed E-state index contributed by atoms with van der Waals surface area (Å²) in [6, 6.07) is 0.835. The average Bonchev–Trinajstić information content (AvgIpc) is 2.46. The molecule has 1 N–H and O–H groups in total. The third-order valence-electron chi connectivity index (χ3n) is 2.98. The van der Waals surface area contributed by atoms with E-state index in [1.165, 1.54) is 39.0 Å². The second-order valence-electron chi connectivity index (χ2n) is 3.87. The Hall–Kier alpha value is -0.0800. The molecule has 64 valence electrons. The predicted octanol–water partition coefficient (Wildman–Crippen LogP) is 0.690. The lowest BCUT2D eigenvalue weighted by atomic mass is 10.1. The van der Waals surface area contributed by atoms with Crippen LogP contribution in [0.1, 0.15) is 19.8 Å². The zero-order valence-corrected chi connectivity index (χ0v) is 7.34. The van der Waals surface area contributed by atoms with Crippen LogP contribution in [-0.2, 0) is 0 Å². The fraction of sp³-hybridized carbons (Fsp3) is 1.00. The van der Waals surface area contributed by atoms with Crippen LogP contribution < -0.4 is 5.32 Å². The summed E-state index contributed by atoms with van der Waals surface area (Å²) in [6.45, 7) is 7.48. The van der Waals surface area contributed by atoms with E-state index in [4.69, 9.17) is 0 Å². The predicted molar refractivity (Wildman–Crippen MR) is 46.6 cm³/mol. The van der Waals surface area contributed by atoms with Crippen LogP contribution in [0.5, 0.6) is 0 Å². The van der Waals surface area contributed by atoms with Crippen molar-refractivity contribution in [3.05, 3.63) is 0 Å². The minimum absolute atomic E-state index is 0.835. The summed E-state index contributed by atoms with van der Waals surface area (Å²) in [6.07, 6.45) is 2.71. The van der Waals surface area contributed by atoms with Gasteiger partial charge in [-0.05, 0) is 31.8 Å². The molecule has 0 aromatic heterocycles. The van der Waals surface area contributed by atoms with Gasteiger partial charge in [0.2, 0.25) is 0 Å². The van der Waals surface area contributed by atoms with E-state index in [1.54, 1.807) is 0 Å². The van der Waals surface area contributed by atoms with E-state index in [0.29, 0.717) is 0 Å². The molecule has 0 aromatic carbocycles. The first-order valence-electron chi connectivity index (χ1n) is 4.86. The third-order valence-corrected chi connectivity index (χ3v) is 2.98. The number of likely N-dealkylation sites (tertiary alicyclic amines) is 1. The molecule has 2 nitrogen and oxygen atoms in total. The van der Waals surface area contributed by atoms with Gasteiger partial charge in [0.25, 0.3) is 0 Å². The molecule has 0 amide bonds. The Bertz CT molecular complexity index is 124. The van der Waals surface area contributed by atoms with Crippen LogP contribution in [0.2, 0.25) is 0 Å². The van der Waals surface area contributed by atoms with Crippen molar-refractivity contribution >= 4 is 0 Å². The van der Waals surface area contributed by atoms with Crippen LogP contribution >= 0.6 is 0 Å². The van der Waals surface area contributed by atoms with Crippen molar-refractivity contribution in [3.63, 3.8) is 0 Å². The largest absolute Gasteiger partial charge is 0.312 e. The maximum absolute atomic E-state index is 3.57. The van der Waals surface area contributed by atoms with E-state index in [0.717, 1.165) is 12.0 Å². The summed E-state index contributed by atoms with van der Waals surface area (Å²) in [5.41, 5.74) is 0. The molecule has 0 saturated carbocycles. The minimum Gasteiger partial charge on any atom is -0.312 e. The van der Waals surface area contributed by atoms with Gasteiger partial charge in [-0.3, -0.25) is 0 Å². The molecule has 2 rings (SSSR count). The number of nitrogens with zero attached hydrogens (tertiary/aromatic N) is 1. The van der Waals surface area contributed by atoms with Gasteiger partial charge in [0.15, 0.2) is 0 Å². The summed E-state index contributed by atoms with van der Waals surface area (Å²) in [5, 5.41) is 3.57. The van der Waals surface area contributed by atoms with Gasteiger partial charge in [0.05, 0.1) is 0 Å². The summed E-state index contributed by atoms with van der Waals surface area (Å²) >= 11 is 0. The molecule has 2 heteroatoms. The van der Waals surface area contributed by atoms with Crippen molar-refractivity contribution in [2.75, 3.05) is 26.2 Å². The van der Waals surface area contributed by atoms with Gasteiger partial charge in [-0.1, -0.05) is 6.92 Å². The van der Waals surface area contributed by atoms with Gasteiger partial charge in [-0.2, -0.15) is 0 Å². The van der Waals surface area contributed by atoms with E-state index >= 15 is 0 Å². The summed E-state index contributed by atoms with van der Waals surface area (Å²) in [4.78, 5) is 2.60. The Morgan fingerprint density at radius 2 is 2.36 bits per heavy atom. The second-order valence-corrected chi connectivity index (χ2v) is 3.87. The molecule has 0 unspecified atom stereocenters. The van der Waals surface area contributed by atoms with Gasteiger partial charge in [0.1, 0.15) is 0 Å². The first-order valence-corrected chi connectivity index (χ1v) is 4.86. The van der Waals surface area contributed by atoms with Crippen molar-refractivity contribution in [3.8, 4) is 0 Å². The number of fused-ring (bicyclic) bond motifs is 1. The highest BCUT2D eigenvalue weighted by molar-refractivity contribution is 4.93. The molecular formula is C9H18N2. The number of rotatable bonds is 2. The van der Waals surface area contributed by atoms with Crippen molar-refractivity contribution in [2.24, 2.45) is 5.92 Å². The zero-order valence-electron chi connectivity index (χ0n) is 7.34. The molecule has 11 heavy (non-hydrogen) atoms. The van der Waals surface area contributed by atoms with Crippen molar-refractivity contribution in [1.82, 2.24) is 10.2 Å². The highest BCUT2D eigenvalue weighted by Crippen LogP contribution is 2.24. The van der Waals surface area contributed by atoms with Gasteiger partial charge in [-0.25, -0.2) is 0 Å². The van der Waals surface area contributed by atoms with E-state index in [-0.39, 0.29) is 0 Å². The van der Waals surface area contributed by atoms with Gasteiger partial charge in [-0.15, -0.1) is 0 Å². The molecule has 0 bridgehead atoms. The van der Waals surface area contributed by atoms with Crippen molar-refractivity contribution in [2.45, 2.75) is 25.8 Å². The molecular weight excluding hydrogens is 136 g/mol. The molecule has 0 aliphatic carbocycles. The summed E-state index contributed by atoms with van der Waals surface area (Å²) < 4.78 is 0. The number of nitrogens with one attached hydrogen (secondary N) is 1. The van der Waals surface area contributed by atoms with E-state index in [1.807, 2.05) is 0 Å². The van der Waals surface area contributed by atoms with Crippen molar-refractivity contribution < 1.29 is 0 Å². The Morgan fingerprint density at radius 1 is 1.45 bits per heavy atom. The maximum Gasteiger partial charge on any atom is 0.0235 e. The topological polar surface area (TPSA) is 15.3 Å². The summed E-state index contributed by atoms with van der Waals surface area (Å²) in [5.74, 6) is 0.974. The van der Waals surface area contributed by atoms with Crippen LogP contribution in [0, 0.1) is 5.92 Å². The highest BCUT2D eigenvalue weighted by atomic mass is 15.2. The standard InChI is InChI=1S/C9H18N2/c1-2-5-11-6-8-3-4-10-9(8)7-11/h8-10H,2-7H2,1H3/t8-,9+/m0/s1. The minimum atomic E-state index is 0.835. The quantitative estimate of drug-likeness (QED) is 0.629. The van der Waals surface area contributed by atoms with Crippen LogP contribution in [0.4, 0.5) is 0 Å². The molecule has 0 radical (unpaired) electrons. The lowest BCUT2D eigenvalue weighted by molar-refractivity contribution is 0.315. The van der Waals surface area contributed by atoms with Gasteiger partial charge in [0, 0.05) is 19.1 Å². The van der Waals surface area contributed by atoms with E-state index in [2.05, 4.69) is 17.1 Å².